The molecule has 1 saturated heterocycles. The number of carbonyl (C=O) groups is 1. The van der Waals surface area contributed by atoms with Crippen LogP contribution in [0.2, 0.25) is 5.02 Å². The third kappa shape index (κ3) is 2.95. The second-order valence-electron chi connectivity index (χ2n) is 8.01. The topological polar surface area (TPSA) is 88.9 Å². The number of benzene rings is 1. The van der Waals surface area contributed by atoms with Gasteiger partial charge in [-0.15, -0.1) is 0 Å². The molecule has 1 fully saturated rings. The molecule has 1 aromatic carbocycles. The fourth-order valence-electron chi connectivity index (χ4n) is 4.66. The number of halogens is 1. The molecule has 10 heteroatoms. The van der Waals surface area contributed by atoms with E-state index in [1.807, 2.05) is 6.07 Å². The third-order valence-corrected chi connectivity index (χ3v) is 8.46. The van der Waals surface area contributed by atoms with Crippen LogP contribution in [-0.2, 0) is 21.4 Å². The summed E-state index contributed by atoms with van der Waals surface area (Å²) in [5.74, 6) is 0.0984. The Labute approximate surface area is 178 Å². The average molecular weight is 450 g/mol. The van der Waals surface area contributed by atoms with Gasteiger partial charge in [0, 0.05) is 50.4 Å². The number of likely N-dealkylation sites (N-methyl/N-ethyl adjacent to an activating group) is 1. The average Bonchev–Trinajstić information content (AvgIpc) is 2.71. The highest BCUT2D eigenvalue weighted by Crippen LogP contribution is 2.41. The van der Waals surface area contributed by atoms with Gasteiger partial charge in [-0.3, -0.25) is 9.59 Å². The molecule has 0 radical (unpaired) electrons. The van der Waals surface area contributed by atoms with Gasteiger partial charge in [-0.05, 0) is 24.5 Å². The van der Waals surface area contributed by atoms with Crippen LogP contribution in [0.5, 0.6) is 5.75 Å². The summed E-state index contributed by atoms with van der Waals surface area (Å²) in [4.78, 5) is 25.4. The number of aromatic nitrogens is 1. The predicted molar refractivity (Wildman–Crippen MR) is 111 cm³/mol. The summed E-state index contributed by atoms with van der Waals surface area (Å²) in [6.45, 7) is 0.969. The first-order valence-electron chi connectivity index (χ1n) is 9.68. The summed E-state index contributed by atoms with van der Waals surface area (Å²) in [6.07, 6.45) is 0.851. The molecule has 4 heterocycles. The molecule has 1 aromatic heterocycles. The van der Waals surface area contributed by atoms with Crippen molar-refractivity contribution in [1.29, 1.82) is 0 Å². The van der Waals surface area contributed by atoms with Crippen LogP contribution in [-0.4, -0.2) is 49.9 Å². The lowest BCUT2D eigenvalue weighted by molar-refractivity contribution is -0.120. The maximum absolute atomic E-state index is 13.5. The Kier molecular flexibility index (Phi) is 4.46. The van der Waals surface area contributed by atoms with E-state index in [0.29, 0.717) is 24.5 Å². The van der Waals surface area contributed by atoms with Crippen LogP contribution < -0.4 is 15.2 Å². The Hall–Kier alpha value is -2.36. The summed E-state index contributed by atoms with van der Waals surface area (Å²) in [5, 5.41) is 0.0475. The maximum atomic E-state index is 13.5. The number of amides is 1. The zero-order valence-corrected chi connectivity index (χ0v) is 17.8. The molecule has 0 saturated carbocycles. The van der Waals surface area contributed by atoms with Crippen molar-refractivity contribution >= 4 is 33.2 Å². The molecule has 0 N–H and O–H groups in total. The number of sulfonamides is 1. The number of rotatable bonds is 2. The van der Waals surface area contributed by atoms with E-state index < -0.39 is 10.0 Å². The van der Waals surface area contributed by atoms with Gasteiger partial charge in [-0.1, -0.05) is 17.7 Å². The van der Waals surface area contributed by atoms with Gasteiger partial charge in [-0.2, -0.15) is 4.31 Å². The van der Waals surface area contributed by atoms with Gasteiger partial charge in [-0.25, -0.2) is 8.42 Å². The fourth-order valence-corrected chi connectivity index (χ4v) is 6.73. The van der Waals surface area contributed by atoms with Crippen molar-refractivity contribution in [1.82, 2.24) is 8.87 Å². The van der Waals surface area contributed by atoms with Crippen molar-refractivity contribution in [2.24, 2.45) is 5.92 Å². The van der Waals surface area contributed by atoms with E-state index in [1.165, 1.54) is 27.4 Å². The Balaban J connectivity index is 1.51. The van der Waals surface area contributed by atoms with Crippen LogP contribution in [0, 0.1) is 5.92 Å². The minimum absolute atomic E-state index is 0.0314. The summed E-state index contributed by atoms with van der Waals surface area (Å²) in [5.41, 5.74) is 1.27. The monoisotopic (exact) mass is 449 g/mol. The number of fused-ring (bicyclic) bond motifs is 5. The van der Waals surface area contributed by atoms with Crippen LogP contribution in [0.15, 0.2) is 40.0 Å². The number of hydrogen-bond acceptors (Lipinski definition) is 5. The number of carbonyl (C=O) groups excluding carboxylic acids is 1. The van der Waals surface area contributed by atoms with Crippen LogP contribution in [0.3, 0.4) is 0 Å². The Bertz CT molecular complexity index is 1230. The van der Waals surface area contributed by atoms with Crippen LogP contribution in [0.4, 0.5) is 5.69 Å². The number of ether oxygens (including phenoxy) is 1. The Morgan fingerprint density at radius 2 is 1.93 bits per heavy atom. The van der Waals surface area contributed by atoms with Crippen molar-refractivity contribution in [3.63, 3.8) is 0 Å². The van der Waals surface area contributed by atoms with E-state index >= 15 is 0 Å². The van der Waals surface area contributed by atoms with Crippen LogP contribution in [0.25, 0.3) is 0 Å². The normalized spacial score (nSPS) is 23.5. The molecule has 0 spiro atoms. The zero-order chi connectivity index (χ0) is 21.2. The summed E-state index contributed by atoms with van der Waals surface area (Å²) >= 11 is 6.36. The highest BCUT2D eigenvalue weighted by atomic mass is 35.5. The molecule has 30 heavy (non-hydrogen) atoms. The molecule has 158 valence electrons. The molecule has 0 unspecified atom stereocenters. The molecule has 5 rings (SSSR count). The standard InChI is InChI=1S/C20H20ClN3O5S/c1-22-16-6-14(21)18(7-17(16)29-11-20(22)26)30(27,28)23-8-12-5-13(10-23)15-3-2-4-19(25)24(15)9-12/h2-4,6-7,12-13H,5,8-11H2,1H3/t12-,13+/m1/s1. The van der Waals surface area contributed by atoms with Gasteiger partial charge >= 0.3 is 0 Å². The number of piperidine rings is 1. The maximum Gasteiger partial charge on any atom is 0.264 e. The first-order valence-corrected chi connectivity index (χ1v) is 11.5. The van der Waals surface area contributed by atoms with Gasteiger partial charge < -0.3 is 14.2 Å². The van der Waals surface area contributed by atoms with E-state index in [9.17, 15) is 18.0 Å². The largest absolute Gasteiger partial charge is 0.482 e. The third-order valence-electron chi connectivity index (χ3n) is 6.16. The molecule has 8 nitrogen and oxygen atoms in total. The highest BCUT2D eigenvalue weighted by Gasteiger charge is 2.40. The second-order valence-corrected chi connectivity index (χ2v) is 10.3. The van der Waals surface area contributed by atoms with E-state index in [4.69, 9.17) is 16.3 Å². The summed E-state index contributed by atoms with van der Waals surface area (Å²) in [6, 6.07) is 8.01. The van der Waals surface area contributed by atoms with Gasteiger partial charge in [0.05, 0.1) is 10.7 Å². The molecule has 2 aromatic rings. The van der Waals surface area contributed by atoms with E-state index in [1.54, 1.807) is 17.7 Å². The minimum Gasteiger partial charge on any atom is -0.482 e. The van der Waals surface area contributed by atoms with Crippen molar-refractivity contribution in [2.75, 3.05) is 31.6 Å². The van der Waals surface area contributed by atoms with E-state index in [-0.39, 0.29) is 46.4 Å². The molecule has 2 atom stereocenters. The number of nitrogens with zero attached hydrogens (tertiary/aromatic N) is 3. The molecule has 3 aliphatic rings. The molecule has 3 aliphatic heterocycles. The lowest BCUT2D eigenvalue weighted by Gasteiger charge is -2.42. The minimum atomic E-state index is -3.88. The van der Waals surface area contributed by atoms with Gasteiger partial charge in [0.2, 0.25) is 10.0 Å². The van der Waals surface area contributed by atoms with Crippen molar-refractivity contribution in [3.05, 3.63) is 51.4 Å². The lowest BCUT2D eigenvalue weighted by atomic mass is 9.84. The quantitative estimate of drug-likeness (QED) is 0.695. The number of pyridine rings is 1. The molecule has 2 bridgehead atoms. The molecule has 1 amide bonds. The zero-order valence-electron chi connectivity index (χ0n) is 16.2. The van der Waals surface area contributed by atoms with Crippen molar-refractivity contribution in [3.8, 4) is 5.75 Å². The second kappa shape index (κ2) is 6.83. The van der Waals surface area contributed by atoms with Crippen molar-refractivity contribution in [2.45, 2.75) is 23.8 Å². The van der Waals surface area contributed by atoms with Crippen molar-refractivity contribution < 1.29 is 17.9 Å². The summed E-state index contributed by atoms with van der Waals surface area (Å²) < 4.78 is 35.6. The fraction of sp³-hybridized carbons (Fsp3) is 0.400. The van der Waals surface area contributed by atoms with Crippen LogP contribution in [0.1, 0.15) is 18.0 Å². The molecule has 0 aliphatic carbocycles. The van der Waals surface area contributed by atoms with Crippen LogP contribution >= 0.6 is 11.6 Å². The van der Waals surface area contributed by atoms with Gasteiger partial charge in [0.25, 0.3) is 11.5 Å². The molecular formula is C20H20ClN3O5S. The first kappa shape index (κ1) is 19.6. The van der Waals surface area contributed by atoms with E-state index in [0.717, 1.165) is 12.1 Å². The predicted octanol–water partition coefficient (Wildman–Crippen LogP) is 1.66. The Morgan fingerprint density at radius 3 is 2.73 bits per heavy atom. The smallest absolute Gasteiger partial charge is 0.264 e. The number of hydrogen-bond donors (Lipinski definition) is 0. The SMILES string of the molecule is CN1C(=O)COc2cc(S(=O)(=O)N3C[C@H]4C[C@@H](C3)c3cccc(=O)n3C4)c(Cl)cc21. The van der Waals surface area contributed by atoms with Gasteiger partial charge in [0.15, 0.2) is 6.61 Å². The van der Waals surface area contributed by atoms with E-state index in [2.05, 4.69) is 0 Å². The Morgan fingerprint density at radius 1 is 1.13 bits per heavy atom. The molecular weight excluding hydrogens is 430 g/mol. The summed E-state index contributed by atoms with van der Waals surface area (Å²) in [7, 11) is -2.28. The number of anilines is 1. The highest BCUT2D eigenvalue weighted by molar-refractivity contribution is 7.89. The van der Waals surface area contributed by atoms with Gasteiger partial charge in [0.1, 0.15) is 10.6 Å². The first-order chi connectivity index (χ1) is 14.3. The lowest BCUT2D eigenvalue weighted by Crippen LogP contribution is -2.49.